The summed E-state index contributed by atoms with van der Waals surface area (Å²) in [5.41, 5.74) is -2.95. The molecule has 41 heavy (non-hydrogen) atoms. The number of rotatable bonds is 10. The van der Waals surface area contributed by atoms with Gasteiger partial charge in [0.05, 0.1) is 6.54 Å². The van der Waals surface area contributed by atoms with Gasteiger partial charge >= 0.3 is 30.6 Å². The average molecular weight is 605 g/mol. The highest BCUT2D eigenvalue weighted by atomic mass is 19.4. The first-order chi connectivity index (χ1) is 18.8. The fourth-order valence-corrected chi connectivity index (χ4v) is 3.60. The third-order valence-electron chi connectivity index (χ3n) is 5.70. The predicted octanol–water partition coefficient (Wildman–Crippen LogP) is 8.42. The van der Waals surface area contributed by atoms with Crippen LogP contribution in [0.1, 0.15) is 16.7 Å². The quantitative estimate of drug-likeness (QED) is 0.236. The molecule has 1 N–H and O–H groups in total. The number of nitrogens with zero attached hydrogens (tertiary/aromatic N) is 1. The maximum absolute atomic E-state index is 13.8. The number of halogens is 12. The van der Waals surface area contributed by atoms with E-state index in [0.29, 0.717) is 18.2 Å². The summed E-state index contributed by atoms with van der Waals surface area (Å²) >= 11 is 0. The summed E-state index contributed by atoms with van der Waals surface area (Å²) in [6, 6.07) is 11.1. The molecular formula is C26H19F12NO2. The van der Waals surface area contributed by atoms with Crippen molar-refractivity contribution in [3.8, 4) is 11.5 Å². The monoisotopic (exact) mass is 605 g/mol. The van der Waals surface area contributed by atoms with Crippen LogP contribution in [-0.2, 0) is 18.4 Å². The molecule has 0 saturated carbocycles. The van der Waals surface area contributed by atoms with Crippen molar-refractivity contribution in [1.82, 2.24) is 0 Å². The van der Waals surface area contributed by atoms with Crippen LogP contribution in [0.5, 0.6) is 11.5 Å². The van der Waals surface area contributed by atoms with E-state index in [9.17, 15) is 57.8 Å². The number of anilines is 1. The summed E-state index contributed by atoms with van der Waals surface area (Å²) in [4.78, 5) is 0.817. The predicted molar refractivity (Wildman–Crippen MR) is 122 cm³/mol. The summed E-state index contributed by atoms with van der Waals surface area (Å²) in [7, 11) is 0. The van der Waals surface area contributed by atoms with Crippen LogP contribution in [0, 0.1) is 0 Å². The van der Waals surface area contributed by atoms with Gasteiger partial charge in [0.2, 0.25) is 0 Å². The number of hydrogen-bond donors (Lipinski definition) is 1. The molecule has 0 radical (unpaired) electrons. The molecule has 3 rings (SSSR count). The molecule has 224 valence electrons. The van der Waals surface area contributed by atoms with Crippen LogP contribution in [0.15, 0.2) is 72.8 Å². The number of aliphatic hydroxyl groups excluding tert-OH is 1. The molecule has 0 amide bonds. The molecular weight excluding hydrogens is 586 g/mol. The fourth-order valence-electron chi connectivity index (χ4n) is 3.60. The lowest BCUT2D eigenvalue weighted by atomic mass is 10.0. The molecule has 0 fully saturated rings. The van der Waals surface area contributed by atoms with Crippen LogP contribution in [-0.4, -0.2) is 36.5 Å². The summed E-state index contributed by atoms with van der Waals surface area (Å²) in [6.45, 7) is -1.88. The van der Waals surface area contributed by atoms with E-state index in [0.717, 1.165) is 41.3 Å². The van der Waals surface area contributed by atoms with Gasteiger partial charge in [-0.1, -0.05) is 36.4 Å². The molecule has 3 nitrogen and oxygen atoms in total. The van der Waals surface area contributed by atoms with E-state index in [1.807, 2.05) is 0 Å². The second-order valence-electron chi connectivity index (χ2n) is 8.76. The Balaban J connectivity index is 1.95. The third-order valence-corrected chi connectivity index (χ3v) is 5.70. The van der Waals surface area contributed by atoms with Gasteiger partial charge in [0.15, 0.2) is 6.10 Å². The first kappa shape index (κ1) is 31.9. The number of hydrogen-bond acceptors (Lipinski definition) is 3. The summed E-state index contributed by atoms with van der Waals surface area (Å²) in [5.74, 6) is -10.3. The van der Waals surface area contributed by atoms with E-state index in [4.69, 9.17) is 4.74 Å². The van der Waals surface area contributed by atoms with Crippen molar-refractivity contribution < 1.29 is 62.5 Å². The molecule has 0 aliphatic rings. The van der Waals surface area contributed by atoms with Crippen molar-refractivity contribution in [2.24, 2.45) is 0 Å². The van der Waals surface area contributed by atoms with Crippen molar-refractivity contribution in [1.29, 1.82) is 0 Å². The highest BCUT2D eigenvalue weighted by Crippen LogP contribution is 2.44. The van der Waals surface area contributed by atoms with Crippen LogP contribution >= 0.6 is 0 Å². The van der Waals surface area contributed by atoms with Crippen LogP contribution in [0.25, 0.3) is 0 Å². The van der Waals surface area contributed by atoms with Gasteiger partial charge in [-0.3, -0.25) is 0 Å². The SMILES string of the molecule is O[C@H](CN(Cc1cccc(C(F)(F)C(F)(F)F)c1)c1cccc(Oc2cccc(C(F)(F)C(F)F)c2)c1)C(F)(F)F. The first-order valence-corrected chi connectivity index (χ1v) is 11.4. The van der Waals surface area contributed by atoms with Gasteiger partial charge in [0.25, 0.3) is 0 Å². The molecule has 0 aliphatic heterocycles. The van der Waals surface area contributed by atoms with Crippen LogP contribution in [0.2, 0.25) is 0 Å². The Bertz CT molecular complexity index is 1320. The Morgan fingerprint density at radius 2 is 1.27 bits per heavy atom. The van der Waals surface area contributed by atoms with E-state index < -0.39 is 60.9 Å². The number of benzene rings is 3. The summed E-state index contributed by atoms with van der Waals surface area (Å²) in [6.07, 6.45) is -18.1. The summed E-state index contributed by atoms with van der Waals surface area (Å²) in [5, 5.41) is 9.64. The molecule has 0 unspecified atom stereocenters. The Kier molecular flexibility index (Phi) is 9.11. The highest BCUT2D eigenvalue weighted by Gasteiger charge is 2.58. The van der Waals surface area contributed by atoms with Gasteiger partial charge in [-0.05, 0) is 35.9 Å². The summed E-state index contributed by atoms with van der Waals surface area (Å²) < 4.78 is 164. The van der Waals surface area contributed by atoms with Gasteiger partial charge in [-0.2, -0.15) is 43.9 Å². The largest absolute Gasteiger partial charge is 0.458 e. The zero-order chi connectivity index (χ0) is 30.8. The maximum atomic E-state index is 13.8. The molecule has 3 aromatic rings. The smallest absolute Gasteiger partial charge is 0.457 e. The normalized spacial score (nSPS) is 13.8. The minimum atomic E-state index is -5.94. The van der Waals surface area contributed by atoms with E-state index >= 15 is 0 Å². The van der Waals surface area contributed by atoms with Gasteiger partial charge in [-0.15, -0.1) is 0 Å². The lowest BCUT2D eigenvalue weighted by Crippen LogP contribution is -2.41. The van der Waals surface area contributed by atoms with E-state index in [-0.39, 0.29) is 22.7 Å². The number of aliphatic hydroxyl groups is 1. The van der Waals surface area contributed by atoms with Crippen molar-refractivity contribution in [2.75, 3.05) is 11.4 Å². The second-order valence-corrected chi connectivity index (χ2v) is 8.76. The molecule has 0 bridgehead atoms. The van der Waals surface area contributed by atoms with Crippen molar-refractivity contribution in [2.45, 2.75) is 43.3 Å². The van der Waals surface area contributed by atoms with Gasteiger partial charge < -0.3 is 14.7 Å². The Labute approximate surface area is 224 Å². The zero-order valence-electron chi connectivity index (χ0n) is 20.3. The number of ether oxygens (including phenoxy) is 1. The van der Waals surface area contributed by atoms with E-state index in [1.165, 1.54) is 18.2 Å². The third kappa shape index (κ3) is 7.57. The number of alkyl halides is 12. The minimum absolute atomic E-state index is 0.146. The van der Waals surface area contributed by atoms with Crippen molar-refractivity contribution >= 4 is 5.69 Å². The minimum Gasteiger partial charge on any atom is -0.457 e. The first-order valence-electron chi connectivity index (χ1n) is 11.4. The molecule has 0 aromatic heterocycles. The maximum Gasteiger partial charge on any atom is 0.458 e. The zero-order valence-corrected chi connectivity index (χ0v) is 20.3. The molecule has 0 aliphatic carbocycles. The fraction of sp³-hybridized carbons (Fsp3) is 0.308. The molecule has 15 heteroatoms. The molecule has 1 atom stereocenters. The topological polar surface area (TPSA) is 32.7 Å². The Morgan fingerprint density at radius 3 is 1.85 bits per heavy atom. The Hall–Kier alpha value is -3.62. The van der Waals surface area contributed by atoms with Gasteiger partial charge in [-0.25, -0.2) is 8.78 Å². The van der Waals surface area contributed by atoms with Gasteiger partial charge in [0, 0.05) is 29.4 Å². The Morgan fingerprint density at radius 1 is 0.707 bits per heavy atom. The van der Waals surface area contributed by atoms with Crippen molar-refractivity contribution in [3.63, 3.8) is 0 Å². The van der Waals surface area contributed by atoms with Crippen LogP contribution < -0.4 is 9.64 Å². The van der Waals surface area contributed by atoms with Crippen LogP contribution in [0.3, 0.4) is 0 Å². The highest BCUT2D eigenvalue weighted by molar-refractivity contribution is 5.52. The van der Waals surface area contributed by atoms with Crippen LogP contribution in [0.4, 0.5) is 58.4 Å². The van der Waals surface area contributed by atoms with Crippen molar-refractivity contribution in [3.05, 3.63) is 89.5 Å². The molecule has 0 saturated heterocycles. The van der Waals surface area contributed by atoms with Gasteiger partial charge in [0.1, 0.15) is 11.5 Å². The second kappa shape index (κ2) is 11.7. The van der Waals surface area contributed by atoms with E-state index in [2.05, 4.69) is 0 Å². The molecule has 0 heterocycles. The van der Waals surface area contributed by atoms with E-state index in [1.54, 1.807) is 0 Å². The average Bonchev–Trinajstić information content (AvgIpc) is 2.87. The molecule has 0 spiro atoms. The lowest BCUT2D eigenvalue weighted by molar-refractivity contribution is -0.289. The lowest BCUT2D eigenvalue weighted by Gasteiger charge is -2.29. The molecule has 3 aromatic carbocycles. The standard InChI is InChI=1S/C26H19F12NO2/c27-22(28)23(29,30)16-5-2-8-19(11-16)41-20-9-3-7-18(12-20)39(14-21(40)25(33,34)35)13-15-4-1-6-17(10-15)24(31,32)26(36,37)38/h1-12,21-22,40H,13-14H2/t21-/m1/s1.